The van der Waals surface area contributed by atoms with Gasteiger partial charge in [-0.15, -0.1) is 0 Å². The van der Waals surface area contributed by atoms with Gasteiger partial charge in [0.05, 0.1) is 24.3 Å². The molecule has 208 valence electrons. The molecule has 1 aromatic heterocycles. The molecular formula is C27H27F4N3O5. The molecule has 8 nitrogen and oxygen atoms in total. The van der Waals surface area contributed by atoms with Crippen molar-refractivity contribution in [1.82, 2.24) is 15.1 Å². The van der Waals surface area contributed by atoms with E-state index in [1.54, 1.807) is 0 Å². The monoisotopic (exact) mass is 549 g/mol. The van der Waals surface area contributed by atoms with Gasteiger partial charge in [-0.2, -0.15) is 18.3 Å². The van der Waals surface area contributed by atoms with Crippen molar-refractivity contribution in [2.45, 2.75) is 63.8 Å². The van der Waals surface area contributed by atoms with E-state index >= 15 is 0 Å². The lowest BCUT2D eigenvalue weighted by Gasteiger charge is -2.32. The van der Waals surface area contributed by atoms with Crippen molar-refractivity contribution in [3.63, 3.8) is 0 Å². The Morgan fingerprint density at radius 3 is 2.46 bits per heavy atom. The normalized spacial score (nSPS) is 17.5. The largest absolute Gasteiger partial charge is 0.476 e. The predicted molar refractivity (Wildman–Crippen MR) is 130 cm³/mol. The number of rotatable bonds is 10. The fraction of sp³-hybridized carbons (Fsp3) is 0.370. The molecule has 0 saturated heterocycles. The number of ether oxygens (including phenoxy) is 2. The number of aromatic carboxylic acids is 1. The first-order valence-corrected chi connectivity index (χ1v) is 12.3. The summed E-state index contributed by atoms with van der Waals surface area (Å²) in [4.78, 5) is 24.3. The van der Waals surface area contributed by atoms with Gasteiger partial charge >= 0.3 is 12.1 Å². The number of alkyl halides is 3. The Morgan fingerprint density at radius 2 is 1.77 bits per heavy atom. The summed E-state index contributed by atoms with van der Waals surface area (Å²) in [6.45, 7) is -0.340. The van der Waals surface area contributed by atoms with Gasteiger partial charge in [-0.25, -0.2) is 13.9 Å². The summed E-state index contributed by atoms with van der Waals surface area (Å²) >= 11 is 0. The van der Waals surface area contributed by atoms with Gasteiger partial charge in [-0.3, -0.25) is 4.79 Å². The Labute approximate surface area is 221 Å². The highest BCUT2D eigenvalue weighted by molar-refractivity contribution is 5.85. The Kier molecular flexibility index (Phi) is 8.85. The van der Waals surface area contributed by atoms with E-state index in [-0.39, 0.29) is 36.7 Å². The highest BCUT2D eigenvalue weighted by atomic mass is 19.4. The maximum Gasteiger partial charge on any atom is 0.419 e. The maximum absolute atomic E-state index is 13.9. The predicted octanol–water partition coefficient (Wildman–Crippen LogP) is 4.96. The molecule has 1 aliphatic carbocycles. The lowest BCUT2D eigenvalue weighted by molar-refractivity contribution is -0.140. The van der Waals surface area contributed by atoms with Crippen molar-refractivity contribution in [1.29, 1.82) is 0 Å². The zero-order chi connectivity index (χ0) is 28.0. The summed E-state index contributed by atoms with van der Waals surface area (Å²) in [7, 11) is 0. The van der Waals surface area contributed by atoms with Crippen LogP contribution in [0.1, 0.15) is 52.9 Å². The SMILES string of the molecule is O=C(Cn1nc(C(=O)O)cc1OCc1ccc(C(F)(F)F)c(F)c1)N[C@H]1CCCC[C@@H]1OCc1ccccc1. The van der Waals surface area contributed by atoms with E-state index < -0.39 is 35.1 Å². The number of nitrogens with one attached hydrogen (secondary N) is 1. The first-order chi connectivity index (χ1) is 18.6. The van der Waals surface area contributed by atoms with Crippen molar-refractivity contribution < 1.29 is 41.7 Å². The quantitative estimate of drug-likeness (QED) is 0.347. The molecule has 4 rings (SSSR count). The van der Waals surface area contributed by atoms with Gasteiger partial charge in [-0.05, 0) is 36.1 Å². The summed E-state index contributed by atoms with van der Waals surface area (Å²) in [6.07, 6.45) is -1.65. The first kappa shape index (κ1) is 28.1. The molecule has 39 heavy (non-hydrogen) atoms. The van der Waals surface area contributed by atoms with Crippen LogP contribution < -0.4 is 10.1 Å². The summed E-state index contributed by atoms with van der Waals surface area (Å²) in [5.74, 6) is -3.37. The Morgan fingerprint density at radius 1 is 1.03 bits per heavy atom. The molecule has 1 saturated carbocycles. The minimum atomic E-state index is -4.84. The van der Waals surface area contributed by atoms with Gasteiger partial charge < -0.3 is 19.9 Å². The zero-order valence-corrected chi connectivity index (χ0v) is 20.8. The van der Waals surface area contributed by atoms with E-state index in [0.717, 1.165) is 41.6 Å². The van der Waals surface area contributed by atoms with Crippen molar-refractivity contribution in [2.75, 3.05) is 0 Å². The van der Waals surface area contributed by atoms with Crippen LogP contribution in [0.25, 0.3) is 0 Å². The molecule has 3 aromatic rings. The highest BCUT2D eigenvalue weighted by Gasteiger charge is 2.34. The van der Waals surface area contributed by atoms with Crippen LogP contribution in [-0.4, -0.2) is 38.9 Å². The number of carboxylic acids is 1. The van der Waals surface area contributed by atoms with Crippen LogP contribution in [0.2, 0.25) is 0 Å². The summed E-state index contributed by atoms with van der Waals surface area (Å²) in [6, 6.07) is 12.8. The minimum absolute atomic E-state index is 0.0789. The number of nitrogens with zero attached hydrogens (tertiary/aromatic N) is 2. The number of carbonyl (C=O) groups excluding carboxylic acids is 1. The molecule has 0 radical (unpaired) electrons. The number of aromatic nitrogens is 2. The minimum Gasteiger partial charge on any atom is -0.476 e. The second kappa shape index (κ2) is 12.3. The molecule has 0 spiro atoms. The first-order valence-electron chi connectivity index (χ1n) is 12.3. The van der Waals surface area contributed by atoms with Crippen LogP contribution in [0.4, 0.5) is 17.6 Å². The number of hydrogen-bond donors (Lipinski definition) is 2. The Bertz CT molecular complexity index is 1300. The molecule has 1 amide bonds. The van der Waals surface area contributed by atoms with Crippen molar-refractivity contribution >= 4 is 11.9 Å². The van der Waals surface area contributed by atoms with Crippen LogP contribution in [0, 0.1) is 5.82 Å². The van der Waals surface area contributed by atoms with Gasteiger partial charge in [0.2, 0.25) is 11.8 Å². The van der Waals surface area contributed by atoms with E-state index in [2.05, 4.69) is 10.4 Å². The van der Waals surface area contributed by atoms with Crippen LogP contribution in [-0.2, 0) is 35.5 Å². The number of carbonyl (C=O) groups is 2. The van der Waals surface area contributed by atoms with Gasteiger partial charge in [0, 0.05) is 6.07 Å². The highest BCUT2D eigenvalue weighted by Crippen LogP contribution is 2.32. The van der Waals surface area contributed by atoms with E-state index in [0.29, 0.717) is 25.2 Å². The average molecular weight is 550 g/mol. The fourth-order valence-corrected chi connectivity index (χ4v) is 4.40. The summed E-state index contributed by atoms with van der Waals surface area (Å²) in [5.41, 5.74) is -0.705. The molecule has 1 fully saturated rings. The number of halogens is 4. The number of amides is 1. The van der Waals surface area contributed by atoms with Gasteiger partial charge in [0.25, 0.3) is 0 Å². The second-order valence-corrected chi connectivity index (χ2v) is 9.22. The topological polar surface area (TPSA) is 103 Å². The third kappa shape index (κ3) is 7.56. The zero-order valence-electron chi connectivity index (χ0n) is 20.8. The molecular weight excluding hydrogens is 522 g/mol. The molecule has 0 bridgehead atoms. The van der Waals surface area contributed by atoms with E-state index in [9.17, 15) is 32.3 Å². The fourth-order valence-electron chi connectivity index (χ4n) is 4.40. The van der Waals surface area contributed by atoms with Crippen LogP contribution in [0.3, 0.4) is 0 Å². The number of hydrogen-bond acceptors (Lipinski definition) is 5. The lowest BCUT2D eigenvalue weighted by atomic mass is 9.92. The summed E-state index contributed by atoms with van der Waals surface area (Å²) < 4.78 is 65.0. The van der Waals surface area contributed by atoms with Gasteiger partial charge in [-0.1, -0.05) is 49.2 Å². The third-order valence-corrected chi connectivity index (χ3v) is 6.34. The molecule has 12 heteroatoms. The molecule has 2 N–H and O–H groups in total. The molecule has 2 atom stereocenters. The van der Waals surface area contributed by atoms with Gasteiger partial charge in [0.15, 0.2) is 5.69 Å². The molecule has 0 unspecified atom stereocenters. The standard InChI is InChI=1S/C27H27F4N3O5/c28-20-12-18(10-11-19(20)27(29,30)31)16-39-25-13-22(26(36)37)33-34(25)14-24(35)32-21-8-4-5-9-23(21)38-15-17-6-2-1-3-7-17/h1-3,6-7,10-13,21,23H,4-5,8-9,14-16H2,(H,32,35)(H,36,37)/t21-,23-/m0/s1. The van der Waals surface area contributed by atoms with Crippen LogP contribution in [0.15, 0.2) is 54.6 Å². The van der Waals surface area contributed by atoms with Crippen molar-refractivity contribution in [3.8, 4) is 5.88 Å². The van der Waals surface area contributed by atoms with E-state index in [1.165, 1.54) is 0 Å². The van der Waals surface area contributed by atoms with Crippen molar-refractivity contribution in [3.05, 3.63) is 82.8 Å². The molecule has 1 aliphatic rings. The van der Waals surface area contributed by atoms with E-state index in [4.69, 9.17) is 9.47 Å². The third-order valence-electron chi connectivity index (χ3n) is 6.34. The van der Waals surface area contributed by atoms with Crippen LogP contribution in [0.5, 0.6) is 5.88 Å². The van der Waals surface area contributed by atoms with Gasteiger partial charge in [0.1, 0.15) is 19.0 Å². The maximum atomic E-state index is 13.9. The number of benzene rings is 2. The lowest BCUT2D eigenvalue weighted by Crippen LogP contribution is -2.47. The number of carboxylic acid groups (broad SMARTS) is 1. The summed E-state index contributed by atoms with van der Waals surface area (Å²) in [5, 5.41) is 16.2. The molecule has 0 aliphatic heterocycles. The Balaban J connectivity index is 1.40. The Hall–Kier alpha value is -3.93. The second-order valence-electron chi connectivity index (χ2n) is 9.22. The molecule has 2 aromatic carbocycles. The van der Waals surface area contributed by atoms with Crippen molar-refractivity contribution in [2.24, 2.45) is 0 Å². The van der Waals surface area contributed by atoms with Crippen LogP contribution >= 0.6 is 0 Å². The smallest absolute Gasteiger partial charge is 0.419 e. The van der Waals surface area contributed by atoms with E-state index in [1.807, 2.05) is 30.3 Å². The molecule has 1 heterocycles. The average Bonchev–Trinajstić information content (AvgIpc) is 3.29.